The minimum Gasteiger partial charge on any atom is -0.294 e. The van der Waals surface area contributed by atoms with Gasteiger partial charge >= 0.3 is 6.18 Å². The Balaban J connectivity index is 1.63. The number of alkyl halides is 3. The lowest BCUT2D eigenvalue weighted by molar-refractivity contribution is -0.137. The molecule has 0 heterocycles. The average molecular weight is 404 g/mol. The molecule has 0 aliphatic heterocycles. The monoisotopic (exact) mass is 404 g/mol. The summed E-state index contributed by atoms with van der Waals surface area (Å²) in [5.41, 5.74) is 3.61. The lowest BCUT2D eigenvalue weighted by Crippen LogP contribution is -2.37. The second-order valence-electron chi connectivity index (χ2n) is 7.88. The molecule has 1 atom stereocenters. The van der Waals surface area contributed by atoms with Gasteiger partial charge in [0.15, 0.2) is 5.78 Å². The molecule has 30 heavy (non-hydrogen) atoms. The second-order valence-corrected chi connectivity index (χ2v) is 7.88. The van der Waals surface area contributed by atoms with Gasteiger partial charge in [0.2, 0.25) is 0 Å². The number of halogens is 3. The first-order chi connectivity index (χ1) is 14.4. The Hall–Kier alpha value is -3.14. The fourth-order valence-corrected chi connectivity index (χ4v) is 4.67. The molecule has 0 fully saturated rings. The Bertz CT molecular complexity index is 1280. The highest BCUT2D eigenvalue weighted by atomic mass is 19.4. The van der Waals surface area contributed by atoms with E-state index in [-0.39, 0.29) is 5.56 Å². The third-order valence-corrected chi connectivity index (χ3v) is 6.14. The van der Waals surface area contributed by atoms with Gasteiger partial charge in [-0.05, 0) is 58.0 Å². The van der Waals surface area contributed by atoms with Crippen LogP contribution < -0.4 is 10.4 Å². The highest BCUT2D eigenvalue weighted by molar-refractivity contribution is 6.02. The van der Waals surface area contributed by atoms with E-state index < -0.39 is 23.4 Å². The predicted molar refractivity (Wildman–Crippen MR) is 111 cm³/mol. The summed E-state index contributed by atoms with van der Waals surface area (Å²) in [5, 5.41) is 2.09. The van der Waals surface area contributed by atoms with Gasteiger partial charge in [0, 0.05) is 11.5 Å². The van der Waals surface area contributed by atoms with Crippen molar-refractivity contribution in [2.45, 2.75) is 25.4 Å². The Morgan fingerprint density at radius 2 is 1.60 bits per heavy atom. The van der Waals surface area contributed by atoms with E-state index in [2.05, 4.69) is 30.3 Å². The van der Waals surface area contributed by atoms with Crippen molar-refractivity contribution in [2.75, 3.05) is 0 Å². The van der Waals surface area contributed by atoms with Gasteiger partial charge in [-0.25, -0.2) is 0 Å². The van der Waals surface area contributed by atoms with Crippen LogP contribution in [0.4, 0.5) is 13.2 Å². The van der Waals surface area contributed by atoms with Gasteiger partial charge in [0.25, 0.3) is 0 Å². The quantitative estimate of drug-likeness (QED) is 0.554. The molecule has 1 unspecified atom stereocenters. The van der Waals surface area contributed by atoms with Gasteiger partial charge < -0.3 is 0 Å². The van der Waals surface area contributed by atoms with Crippen LogP contribution in [0.1, 0.15) is 33.5 Å². The van der Waals surface area contributed by atoms with Crippen molar-refractivity contribution in [3.05, 3.63) is 93.4 Å². The van der Waals surface area contributed by atoms with Gasteiger partial charge in [-0.3, -0.25) is 4.79 Å². The number of rotatable bonds is 2. The fraction of sp³-hybridized carbons (Fsp3) is 0.192. The molecule has 2 aliphatic rings. The van der Waals surface area contributed by atoms with Gasteiger partial charge in [-0.1, -0.05) is 66.7 Å². The molecule has 0 aromatic heterocycles. The molecule has 0 saturated heterocycles. The van der Waals surface area contributed by atoms with E-state index in [9.17, 15) is 18.0 Å². The number of ketones is 1. The van der Waals surface area contributed by atoms with E-state index >= 15 is 0 Å². The Kier molecular flexibility index (Phi) is 4.39. The molecule has 0 saturated carbocycles. The number of aryl methyl sites for hydroxylation is 1. The highest BCUT2D eigenvalue weighted by Gasteiger charge is 2.36. The fourth-order valence-electron chi connectivity index (χ4n) is 4.67. The molecule has 2 aliphatic carbocycles. The first-order valence-electron chi connectivity index (χ1n) is 10.1. The SMILES string of the molecule is O=C(c1ccccc1C(F)(F)F)C1C=c2c(ccc3c2=CCc2ccccc2-3)CC1. The van der Waals surface area contributed by atoms with Crippen LogP contribution in [0.25, 0.3) is 23.3 Å². The minimum absolute atomic E-state index is 0.242. The zero-order chi connectivity index (χ0) is 20.9. The molecule has 5 rings (SSSR count). The molecule has 150 valence electrons. The molecule has 0 spiro atoms. The summed E-state index contributed by atoms with van der Waals surface area (Å²) < 4.78 is 40.2. The highest BCUT2D eigenvalue weighted by Crippen LogP contribution is 2.34. The number of hydrogen-bond acceptors (Lipinski definition) is 1. The van der Waals surface area contributed by atoms with Crippen molar-refractivity contribution < 1.29 is 18.0 Å². The second kappa shape index (κ2) is 6.98. The molecule has 0 bridgehead atoms. The largest absolute Gasteiger partial charge is 0.417 e. The Morgan fingerprint density at radius 1 is 0.833 bits per heavy atom. The van der Waals surface area contributed by atoms with Crippen LogP contribution in [0.15, 0.2) is 60.7 Å². The average Bonchev–Trinajstić information content (AvgIpc) is 2.77. The van der Waals surface area contributed by atoms with E-state index in [1.54, 1.807) is 0 Å². The summed E-state index contributed by atoms with van der Waals surface area (Å²) in [6, 6.07) is 17.5. The number of benzene rings is 3. The molecule has 1 nitrogen and oxygen atoms in total. The van der Waals surface area contributed by atoms with Crippen molar-refractivity contribution in [3.8, 4) is 11.1 Å². The van der Waals surface area contributed by atoms with Crippen LogP contribution in [0.5, 0.6) is 0 Å². The summed E-state index contributed by atoms with van der Waals surface area (Å²) in [4.78, 5) is 13.1. The molecule has 3 aromatic rings. The van der Waals surface area contributed by atoms with Crippen molar-refractivity contribution in [3.63, 3.8) is 0 Å². The van der Waals surface area contributed by atoms with Crippen LogP contribution in [0.3, 0.4) is 0 Å². The minimum atomic E-state index is -4.55. The number of carbonyl (C=O) groups is 1. The molecule has 0 amide bonds. The molecular formula is C26H19F3O. The summed E-state index contributed by atoms with van der Waals surface area (Å²) in [6.45, 7) is 0. The molecule has 4 heteroatoms. The maximum Gasteiger partial charge on any atom is 0.417 e. The zero-order valence-corrected chi connectivity index (χ0v) is 16.2. The smallest absolute Gasteiger partial charge is 0.294 e. The van der Waals surface area contributed by atoms with Gasteiger partial charge in [-0.2, -0.15) is 13.2 Å². The Morgan fingerprint density at radius 3 is 2.43 bits per heavy atom. The van der Waals surface area contributed by atoms with Crippen molar-refractivity contribution in [2.24, 2.45) is 5.92 Å². The first-order valence-corrected chi connectivity index (χ1v) is 10.1. The number of hydrogen-bond donors (Lipinski definition) is 0. The number of carbonyl (C=O) groups excluding carboxylic acids is 1. The lowest BCUT2D eigenvalue weighted by Gasteiger charge is -2.22. The van der Waals surface area contributed by atoms with Gasteiger partial charge in [0.05, 0.1) is 5.56 Å². The lowest BCUT2D eigenvalue weighted by atomic mass is 9.81. The molecule has 0 N–H and O–H groups in total. The summed E-state index contributed by atoms with van der Waals surface area (Å²) in [7, 11) is 0. The standard InChI is InChI=1S/C26H19F3O/c27-26(28,29)24-8-4-3-7-22(24)25(30)18-10-9-17-12-13-20-19-6-2-1-5-16(19)11-14-21(20)23(17)15-18/h1-8,12-15,18H,9-11H2. The van der Waals surface area contributed by atoms with Crippen LogP contribution in [-0.2, 0) is 19.0 Å². The van der Waals surface area contributed by atoms with Crippen LogP contribution in [-0.4, -0.2) is 5.78 Å². The summed E-state index contributed by atoms with van der Waals surface area (Å²) in [6.07, 6.45) is 1.52. The van der Waals surface area contributed by atoms with E-state index in [4.69, 9.17) is 0 Å². The van der Waals surface area contributed by atoms with Crippen molar-refractivity contribution in [1.29, 1.82) is 0 Å². The van der Waals surface area contributed by atoms with E-state index in [1.165, 1.54) is 29.3 Å². The van der Waals surface area contributed by atoms with Crippen LogP contribution >= 0.6 is 0 Å². The van der Waals surface area contributed by atoms with Crippen LogP contribution in [0, 0.1) is 5.92 Å². The molecular weight excluding hydrogens is 385 g/mol. The summed E-state index contributed by atoms with van der Waals surface area (Å²) >= 11 is 0. The normalized spacial score (nSPS) is 17.1. The molecule has 3 aromatic carbocycles. The van der Waals surface area contributed by atoms with Gasteiger partial charge in [0.1, 0.15) is 0 Å². The van der Waals surface area contributed by atoms with Crippen molar-refractivity contribution in [1.82, 2.24) is 0 Å². The van der Waals surface area contributed by atoms with Gasteiger partial charge in [-0.15, -0.1) is 0 Å². The predicted octanol–water partition coefficient (Wildman–Crippen LogP) is 4.93. The van der Waals surface area contributed by atoms with E-state index in [0.717, 1.165) is 34.1 Å². The third kappa shape index (κ3) is 3.07. The van der Waals surface area contributed by atoms with E-state index in [0.29, 0.717) is 12.8 Å². The maximum absolute atomic E-state index is 13.4. The third-order valence-electron chi connectivity index (χ3n) is 6.14. The Labute approximate surface area is 172 Å². The summed E-state index contributed by atoms with van der Waals surface area (Å²) in [5.74, 6) is -1.01. The zero-order valence-electron chi connectivity index (χ0n) is 16.2. The maximum atomic E-state index is 13.4. The van der Waals surface area contributed by atoms with Crippen molar-refractivity contribution >= 4 is 17.9 Å². The topological polar surface area (TPSA) is 17.1 Å². The first kappa shape index (κ1) is 18.9. The van der Waals surface area contributed by atoms with Crippen LogP contribution in [0.2, 0.25) is 0 Å². The number of Topliss-reactive ketones (excluding diaryl/α,β-unsaturated/α-hetero) is 1. The van der Waals surface area contributed by atoms with E-state index in [1.807, 2.05) is 18.2 Å². The molecule has 0 radical (unpaired) electrons. The number of fused-ring (bicyclic) bond motifs is 5.